The number of halogens is 1. The minimum atomic E-state index is -3.26. The third-order valence-corrected chi connectivity index (χ3v) is 7.20. The van der Waals surface area contributed by atoms with Crippen molar-refractivity contribution in [2.75, 3.05) is 12.8 Å². The van der Waals surface area contributed by atoms with E-state index in [1.54, 1.807) is 12.1 Å². The summed E-state index contributed by atoms with van der Waals surface area (Å²) in [6, 6.07) is 19.0. The fourth-order valence-electron chi connectivity index (χ4n) is 3.74. The summed E-state index contributed by atoms with van der Waals surface area (Å²) in [7, 11) is -3.26. The molecule has 5 rings (SSSR count). The maximum Gasteiger partial charge on any atom is 0.208 e. The second-order valence-corrected chi connectivity index (χ2v) is 10.6. The number of allylic oxidation sites excluding steroid dienone is 2. The summed E-state index contributed by atoms with van der Waals surface area (Å²) in [5.41, 5.74) is 3.69. The van der Waals surface area contributed by atoms with Crippen molar-refractivity contribution in [3.63, 3.8) is 0 Å². The van der Waals surface area contributed by atoms with E-state index in [4.69, 9.17) is 4.98 Å². The second-order valence-electron chi connectivity index (χ2n) is 7.84. The van der Waals surface area contributed by atoms with Crippen LogP contribution in [0.25, 0.3) is 20.9 Å². The predicted octanol–water partition coefficient (Wildman–Crippen LogP) is 4.45. The van der Waals surface area contributed by atoms with Crippen LogP contribution >= 0.6 is 11.3 Å². The molecule has 8 heteroatoms. The van der Waals surface area contributed by atoms with E-state index in [2.05, 4.69) is 34.0 Å². The first-order valence-corrected chi connectivity index (χ1v) is 12.8. The van der Waals surface area contributed by atoms with Gasteiger partial charge in [0.25, 0.3) is 0 Å². The fourth-order valence-corrected chi connectivity index (χ4v) is 5.18. The van der Waals surface area contributed by atoms with Crippen LogP contribution in [0, 0.1) is 5.82 Å². The van der Waals surface area contributed by atoms with Crippen molar-refractivity contribution in [1.82, 2.24) is 14.7 Å². The number of thiazole rings is 1. The van der Waals surface area contributed by atoms with Crippen LogP contribution < -0.4 is 4.72 Å². The molecule has 4 aromatic rings. The summed E-state index contributed by atoms with van der Waals surface area (Å²) in [6.07, 6.45) is 5.78. The van der Waals surface area contributed by atoms with Gasteiger partial charge in [0, 0.05) is 12.1 Å². The van der Waals surface area contributed by atoms with Crippen LogP contribution in [0.2, 0.25) is 0 Å². The molecule has 1 aliphatic rings. The largest absolute Gasteiger partial charge is 0.239 e. The first-order chi connectivity index (χ1) is 15.3. The Labute approximate surface area is 189 Å². The fraction of sp³-hybridized carbons (Fsp3) is 0.167. The molecule has 1 N–H and O–H groups in total. The van der Waals surface area contributed by atoms with Crippen molar-refractivity contribution in [3.05, 3.63) is 95.5 Å². The molecule has 0 unspecified atom stereocenters. The predicted molar refractivity (Wildman–Crippen MR) is 126 cm³/mol. The Morgan fingerprint density at radius 2 is 1.81 bits per heavy atom. The summed E-state index contributed by atoms with van der Waals surface area (Å²) in [6.45, 7) is 0.225. The molecule has 0 saturated heterocycles. The average Bonchev–Trinajstić information content (AvgIpc) is 3.46. The van der Waals surface area contributed by atoms with E-state index >= 15 is 0 Å². The molecule has 0 fully saturated rings. The number of pyridine rings is 1. The topological polar surface area (TPSA) is 72.0 Å². The number of nitrogens with zero attached hydrogens (tertiary/aromatic N) is 2. The van der Waals surface area contributed by atoms with E-state index < -0.39 is 10.0 Å². The Morgan fingerprint density at radius 3 is 2.50 bits per heavy atom. The van der Waals surface area contributed by atoms with Crippen LogP contribution in [-0.2, 0) is 21.9 Å². The zero-order valence-corrected chi connectivity index (χ0v) is 18.9. The van der Waals surface area contributed by atoms with E-state index in [1.165, 1.54) is 23.0 Å². The highest BCUT2D eigenvalue weighted by Crippen LogP contribution is 2.45. The molecule has 0 bridgehead atoms. The maximum atomic E-state index is 14.8. The van der Waals surface area contributed by atoms with Gasteiger partial charge in [0.15, 0.2) is 0 Å². The Balaban J connectivity index is 1.41. The molecule has 1 aliphatic carbocycles. The summed E-state index contributed by atoms with van der Waals surface area (Å²) in [5.74, 6) is -0.384. The molecule has 0 atom stereocenters. The van der Waals surface area contributed by atoms with E-state index in [9.17, 15) is 12.8 Å². The minimum absolute atomic E-state index is 0.225. The molecule has 0 saturated carbocycles. The van der Waals surface area contributed by atoms with Crippen molar-refractivity contribution in [3.8, 4) is 10.6 Å². The van der Waals surface area contributed by atoms with E-state index in [0.717, 1.165) is 22.3 Å². The highest BCUT2D eigenvalue weighted by molar-refractivity contribution is 7.88. The molecule has 0 aliphatic heterocycles. The molecule has 2 heterocycles. The lowest BCUT2D eigenvalue weighted by Crippen LogP contribution is -2.24. The zero-order valence-electron chi connectivity index (χ0n) is 17.2. The van der Waals surface area contributed by atoms with Crippen LogP contribution in [0.4, 0.5) is 4.39 Å². The smallest absolute Gasteiger partial charge is 0.208 e. The van der Waals surface area contributed by atoms with Crippen LogP contribution in [0.3, 0.4) is 0 Å². The molecule has 5 nitrogen and oxygen atoms in total. The Morgan fingerprint density at radius 1 is 1.03 bits per heavy atom. The lowest BCUT2D eigenvalue weighted by molar-refractivity contribution is 0.587. The molecule has 162 valence electrons. The van der Waals surface area contributed by atoms with Crippen LogP contribution in [-0.4, -0.2) is 31.2 Å². The van der Waals surface area contributed by atoms with Crippen molar-refractivity contribution >= 4 is 31.7 Å². The summed E-state index contributed by atoms with van der Waals surface area (Å²) in [5, 5.41) is 0.570. The van der Waals surface area contributed by atoms with Crippen molar-refractivity contribution in [1.29, 1.82) is 0 Å². The molecular weight excluding hydrogens is 445 g/mol. The van der Waals surface area contributed by atoms with E-state index in [-0.39, 0.29) is 17.8 Å². The molecule has 2 aromatic heterocycles. The van der Waals surface area contributed by atoms with E-state index in [0.29, 0.717) is 22.6 Å². The third kappa shape index (κ3) is 4.09. The van der Waals surface area contributed by atoms with Gasteiger partial charge < -0.3 is 0 Å². The standard InChI is InChI=1S/C24H20FN3O2S2/c1-32(29,30)26-14-11-16-7-8-18(19(25)15-16)22-27-20-9-10-21(28-23(20)31-22)24(12-13-24)17-5-3-2-4-6-17/h2-10,12-13,15,26H,11,14H2,1H3. The van der Waals surface area contributed by atoms with Gasteiger partial charge in [-0.2, -0.15) is 0 Å². The molecule has 0 radical (unpaired) electrons. The summed E-state index contributed by atoms with van der Waals surface area (Å²) < 4.78 is 39.6. The van der Waals surface area contributed by atoms with Crippen LogP contribution in [0.5, 0.6) is 0 Å². The van der Waals surface area contributed by atoms with Gasteiger partial charge in [-0.15, -0.1) is 0 Å². The molecule has 0 amide bonds. The number of hydrogen-bond donors (Lipinski definition) is 1. The summed E-state index contributed by atoms with van der Waals surface area (Å²) in [4.78, 5) is 10.2. The zero-order chi connectivity index (χ0) is 22.3. The maximum absolute atomic E-state index is 14.8. The van der Waals surface area contributed by atoms with Gasteiger partial charge in [-0.25, -0.2) is 27.5 Å². The van der Waals surface area contributed by atoms with Gasteiger partial charge in [0.05, 0.1) is 17.4 Å². The lowest BCUT2D eigenvalue weighted by atomic mass is 9.89. The van der Waals surface area contributed by atoms with Gasteiger partial charge in [0.2, 0.25) is 10.0 Å². The highest BCUT2D eigenvalue weighted by atomic mass is 32.2. The van der Waals surface area contributed by atoms with Crippen molar-refractivity contribution in [2.24, 2.45) is 0 Å². The lowest BCUT2D eigenvalue weighted by Gasteiger charge is -2.15. The van der Waals surface area contributed by atoms with E-state index in [1.807, 2.05) is 30.3 Å². The van der Waals surface area contributed by atoms with Crippen LogP contribution in [0.15, 0.2) is 72.8 Å². The minimum Gasteiger partial charge on any atom is -0.239 e. The average molecular weight is 466 g/mol. The van der Waals surface area contributed by atoms with Gasteiger partial charge in [-0.05, 0) is 41.8 Å². The Bertz CT molecular complexity index is 1440. The first-order valence-electron chi connectivity index (χ1n) is 10.1. The van der Waals surface area contributed by atoms with Gasteiger partial charge in [-0.3, -0.25) is 0 Å². The van der Waals surface area contributed by atoms with Gasteiger partial charge in [0.1, 0.15) is 21.2 Å². The SMILES string of the molecule is CS(=O)(=O)NCCc1ccc(-c2nc3ccc(C4(c5ccccc5)C=C4)nc3s2)c(F)c1. The molecule has 32 heavy (non-hydrogen) atoms. The van der Waals surface area contributed by atoms with Gasteiger partial charge in [-0.1, -0.05) is 59.9 Å². The first kappa shape index (κ1) is 20.9. The number of rotatable bonds is 7. The number of nitrogens with one attached hydrogen (secondary N) is 1. The Hall–Kier alpha value is -2.94. The number of aromatic nitrogens is 2. The van der Waals surface area contributed by atoms with Crippen LogP contribution in [0.1, 0.15) is 16.8 Å². The number of hydrogen-bond acceptors (Lipinski definition) is 5. The molecule has 0 spiro atoms. The number of sulfonamides is 1. The van der Waals surface area contributed by atoms with Gasteiger partial charge >= 0.3 is 0 Å². The number of fused-ring (bicyclic) bond motifs is 1. The Kier molecular flexibility index (Phi) is 5.16. The highest BCUT2D eigenvalue weighted by Gasteiger charge is 2.39. The molecule has 2 aromatic carbocycles. The quantitative estimate of drug-likeness (QED) is 0.410. The summed E-state index contributed by atoms with van der Waals surface area (Å²) >= 11 is 1.36. The normalized spacial score (nSPS) is 14.7. The monoisotopic (exact) mass is 465 g/mol. The van der Waals surface area contributed by atoms with Crippen molar-refractivity contribution < 1.29 is 12.8 Å². The third-order valence-electron chi connectivity index (χ3n) is 5.47. The van der Waals surface area contributed by atoms with Crippen molar-refractivity contribution in [2.45, 2.75) is 11.8 Å². The second kappa shape index (κ2) is 7.88. The number of benzene rings is 2. The molecular formula is C24H20FN3O2S2.